The normalized spacial score (nSPS) is 10.4. The quantitative estimate of drug-likeness (QED) is 0.476. The Morgan fingerprint density at radius 2 is 2.05 bits per heavy atom. The first-order valence-corrected chi connectivity index (χ1v) is 6.85. The maximum absolute atomic E-state index is 11.7. The zero-order chi connectivity index (χ0) is 15.0. The molecule has 0 fully saturated rings. The monoisotopic (exact) mass is 319 g/mol. The number of nitrogens with one attached hydrogen (secondary N) is 1. The molecule has 0 saturated heterocycles. The summed E-state index contributed by atoms with van der Waals surface area (Å²) in [7, 11) is 0. The highest BCUT2D eigenvalue weighted by molar-refractivity contribution is 6.54. The van der Waals surface area contributed by atoms with Crippen LogP contribution in [-0.4, -0.2) is 36.5 Å². The molecule has 1 aromatic rings. The Labute approximate surface area is 127 Å². The van der Waals surface area contributed by atoms with Gasteiger partial charge in [0.25, 0.3) is 5.91 Å². The van der Waals surface area contributed by atoms with Gasteiger partial charge in [0.2, 0.25) is 0 Å². The molecule has 0 bridgehead atoms. The number of carbonyl (C=O) groups is 2. The van der Waals surface area contributed by atoms with E-state index in [1.807, 2.05) is 6.92 Å². The molecule has 0 unspecified atom stereocenters. The summed E-state index contributed by atoms with van der Waals surface area (Å²) in [5.74, 6) is -1.05. The van der Waals surface area contributed by atoms with Gasteiger partial charge in [-0.1, -0.05) is 29.3 Å². The molecule has 1 amide bonds. The van der Waals surface area contributed by atoms with E-state index in [2.05, 4.69) is 5.32 Å². The summed E-state index contributed by atoms with van der Waals surface area (Å²) in [6.45, 7) is 2.94. The fraction of sp³-hybridized carbons (Fsp3) is 0.385. The molecule has 7 heteroatoms. The number of ether oxygens (including phenoxy) is 2. The average Bonchev–Trinajstić information content (AvgIpc) is 2.43. The fourth-order valence-electron chi connectivity index (χ4n) is 1.34. The number of benzene rings is 1. The summed E-state index contributed by atoms with van der Waals surface area (Å²) < 4.78 is 10.1. The maximum atomic E-state index is 11.7. The standard InChI is InChI=1S/C13H15Cl2NO4/c1-2-19-6-7-20-13(18)9-4-3-5-10(8-9)16-12(17)11(14)15/h3-5,8,11H,2,6-7H2,1H3,(H,16,17). The number of alkyl halides is 2. The van der Waals surface area contributed by atoms with Crippen molar-refractivity contribution in [1.29, 1.82) is 0 Å². The van der Waals surface area contributed by atoms with E-state index in [1.165, 1.54) is 6.07 Å². The minimum atomic E-state index is -1.17. The van der Waals surface area contributed by atoms with E-state index < -0.39 is 16.7 Å². The summed E-state index contributed by atoms with van der Waals surface area (Å²) in [5.41, 5.74) is 0.737. The van der Waals surface area contributed by atoms with Gasteiger partial charge in [-0.25, -0.2) is 4.79 Å². The van der Waals surface area contributed by atoms with E-state index in [0.717, 1.165) is 0 Å². The number of anilines is 1. The third-order valence-corrected chi connectivity index (χ3v) is 2.63. The zero-order valence-corrected chi connectivity index (χ0v) is 12.4. The van der Waals surface area contributed by atoms with Crippen LogP contribution in [0.3, 0.4) is 0 Å². The first-order chi connectivity index (χ1) is 9.54. The van der Waals surface area contributed by atoms with E-state index in [4.69, 9.17) is 32.7 Å². The van der Waals surface area contributed by atoms with Crippen LogP contribution in [0.25, 0.3) is 0 Å². The second kappa shape index (κ2) is 8.79. The molecule has 0 heterocycles. The third-order valence-electron chi connectivity index (χ3n) is 2.23. The highest BCUT2D eigenvalue weighted by atomic mass is 35.5. The second-order valence-corrected chi connectivity index (χ2v) is 4.80. The van der Waals surface area contributed by atoms with Crippen LogP contribution in [0.1, 0.15) is 17.3 Å². The first kappa shape index (κ1) is 16.8. The Bertz CT molecular complexity index is 465. The molecule has 110 valence electrons. The minimum absolute atomic E-state index is 0.175. The van der Waals surface area contributed by atoms with E-state index in [1.54, 1.807) is 18.2 Å². The smallest absolute Gasteiger partial charge is 0.338 e. The Balaban J connectivity index is 2.58. The lowest BCUT2D eigenvalue weighted by Gasteiger charge is -2.08. The van der Waals surface area contributed by atoms with Crippen LogP contribution in [0, 0.1) is 0 Å². The van der Waals surface area contributed by atoms with Gasteiger partial charge in [-0.05, 0) is 25.1 Å². The average molecular weight is 320 g/mol. The van der Waals surface area contributed by atoms with E-state index in [-0.39, 0.29) is 6.61 Å². The number of rotatable bonds is 7. The van der Waals surface area contributed by atoms with Gasteiger partial charge < -0.3 is 14.8 Å². The van der Waals surface area contributed by atoms with Gasteiger partial charge in [-0.2, -0.15) is 0 Å². The Hall–Kier alpha value is -1.30. The van der Waals surface area contributed by atoms with Crippen LogP contribution in [0.4, 0.5) is 5.69 Å². The highest BCUT2D eigenvalue weighted by Gasteiger charge is 2.13. The number of hydrogen-bond acceptors (Lipinski definition) is 4. The molecule has 5 nitrogen and oxygen atoms in total. The molecule has 1 rings (SSSR count). The van der Waals surface area contributed by atoms with Crippen LogP contribution in [0.15, 0.2) is 24.3 Å². The molecule has 0 saturated carbocycles. The topological polar surface area (TPSA) is 64.6 Å². The maximum Gasteiger partial charge on any atom is 0.338 e. The molecule has 1 N–H and O–H groups in total. The van der Waals surface area contributed by atoms with Gasteiger partial charge >= 0.3 is 5.97 Å². The Morgan fingerprint density at radius 1 is 1.30 bits per heavy atom. The molecular formula is C13H15Cl2NO4. The number of esters is 1. The van der Waals surface area contributed by atoms with E-state index in [9.17, 15) is 9.59 Å². The number of amides is 1. The zero-order valence-electron chi connectivity index (χ0n) is 10.9. The van der Waals surface area contributed by atoms with Gasteiger partial charge in [0.15, 0.2) is 4.84 Å². The molecule has 20 heavy (non-hydrogen) atoms. The van der Waals surface area contributed by atoms with Crippen molar-refractivity contribution in [3.05, 3.63) is 29.8 Å². The molecule has 0 aliphatic carbocycles. The number of carbonyl (C=O) groups excluding carboxylic acids is 2. The van der Waals surface area contributed by atoms with Crippen molar-refractivity contribution in [3.63, 3.8) is 0 Å². The van der Waals surface area contributed by atoms with Crippen molar-refractivity contribution in [3.8, 4) is 0 Å². The number of halogens is 2. The van der Waals surface area contributed by atoms with Crippen molar-refractivity contribution in [2.75, 3.05) is 25.1 Å². The fourth-order valence-corrected chi connectivity index (χ4v) is 1.45. The Kier molecular flexibility index (Phi) is 7.36. The first-order valence-electron chi connectivity index (χ1n) is 5.98. The van der Waals surface area contributed by atoms with Crippen LogP contribution >= 0.6 is 23.2 Å². The SMILES string of the molecule is CCOCCOC(=O)c1cccc(NC(=O)C(Cl)Cl)c1. The van der Waals surface area contributed by atoms with Crippen LogP contribution in [-0.2, 0) is 14.3 Å². The highest BCUT2D eigenvalue weighted by Crippen LogP contribution is 2.14. The lowest BCUT2D eigenvalue weighted by molar-refractivity contribution is -0.114. The number of hydrogen-bond donors (Lipinski definition) is 1. The van der Waals surface area contributed by atoms with E-state index >= 15 is 0 Å². The van der Waals surface area contributed by atoms with Crippen molar-refractivity contribution < 1.29 is 19.1 Å². The molecule has 0 aliphatic heterocycles. The van der Waals surface area contributed by atoms with E-state index in [0.29, 0.717) is 24.5 Å². The molecular weight excluding hydrogens is 305 g/mol. The van der Waals surface area contributed by atoms with Crippen molar-refractivity contribution >= 4 is 40.8 Å². The van der Waals surface area contributed by atoms with Crippen LogP contribution in [0.2, 0.25) is 0 Å². The second-order valence-electron chi connectivity index (χ2n) is 3.70. The predicted octanol–water partition coefficient (Wildman–Crippen LogP) is 2.62. The van der Waals surface area contributed by atoms with Gasteiger partial charge in [0.05, 0.1) is 12.2 Å². The molecule has 0 spiro atoms. The summed E-state index contributed by atoms with van der Waals surface area (Å²) >= 11 is 10.9. The summed E-state index contributed by atoms with van der Waals surface area (Å²) in [6.07, 6.45) is 0. The van der Waals surface area contributed by atoms with Gasteiger partial charge in [-0.3, -0.25) is 4.79 Å². The minimum Gasteiger partial charge on any atom is -0.460 e. The van der Waals surface area contributed by atoms with Crippen molar-refractivity contribution in [1.82, 2.24) is 0 Å². The molecule has 0 aromatic heterocycles. The summed E-state index contributed by atoms with van der Waals surface area (Å²) in [6, 6.07) is 6.30. The largest absolute Gasteiger partial charge is 0.460 e. The summed E-state index contributed by atoms with van der Waals surface area (Å²) in [4.78, 5) is 21.9. The molecule has 0 aliphatic rings. The van der Waals surface area contributed by atoms with Crippen molar-refractivity contribution in [2.45, 2.75) is 11.8 Å². The summed E-state index contributed by atoms with van der Waals surface area (Å²) in [5, 5.41) is 2.48. The molecule has 0 atom stereocenters. The van der Waals surface area contributed by atoms with Crippen molar-refractivity contribution in [2.24, 2.45) is 0 Å². The molecule has 0 radical (unpaired) electrons. The Morgan fingerprint density at radius 3 is 2.70 bits per heavy atom. The predicted molar refractivity (Wildman–Crippen MR) is 77.3 cm³/mol. The van der Waals surface area contributed by atoms with Crippen LogP contribution < -0.4 is 5.32 Å². The van der Waals surface area contributed by atoms with Gasteiger partial charge in [0, 0.05) is 12.3 Å². The lowest BCUT2D eigenvalue weighted by Crippen LogP contribution is -2.19. The van der Waals surface area contributed by atoms with Gasteiger partial charge in [0.1, 0.15) is 6.61 Å². The molecule has 1 aromatic carbocycles. The lowest BCUT2D eigenvalue weighted by atomic mass is 10.2. The van der Waals surface area contributed by atoms with Crippen LogP contribution in [0.5, 0.6) is 0 Å². The van der Waals surface area contributed by atoms with Gasteiger partial charge in [-0.15, -0.1) is 0 Å². The third kappa shape index (κ3) is 5.77.